The largest absolute Gasteiger partial charge is 0.329 e. The monoisotopic (exact) mass is 270 g/mol. The van der Waals surface area contributed by atoms with Crippen LogP contribution in [0.1, 0.15) is 31.4 Å². The summed E-state index contributed by atoms with van der Waals surface area (Å²) in [6.07, 6.45) is 2.45. The van der Waals surface area contributed by atoms with Crippen molar-refractivity contribution in [2.24, 2.45) is 11.7 Å². The van der Waals surface area contributed by atoms with Gasteiger partial charge < -0.3 is 5.73 Å². The van der Waals surface area contributed by atoms with Gasteiger partial charge >= 0.3 is 0 Å². The lowest BCUT2D eigenvalue weighted by Gasteiger charge is -2.37. The highest BCUT2D eigenvalue weighted by molar-refractivity contribution is 6.30. The van der Waals surface area contributed by atoms with Crippen molar-refractivity contribution < 1.29 is 4.39 Å². The van der Waals surface area contributed by atoms with Gasteiger partial charge in [-0.2, -0.15) is 0 Å². The summed E-state index contributed by atoms with van der Waals surface area (Å²) in [5, 5.41) is 0.168. The molecule has 0 bridgehead atoms. The molecule has 0 aliphatic carbocycles. The fourth-order valence-corrected chi connectivity index (χ4v) is 2.84. The molecule has 2 N–H and O–H groups in total. The summed E-state index contributed by atoms with van der Waals surface area (Å²) in [5.41, 5.74) is 6.80. The van der Waals surface area contributed by atoms with Crippen molar-refractivity contribution in [3.05, 3.63) is 34.6 Å². The fraction of sp³-hybridized carbons (Fsp3) is 0.571. The van der Waals surface area contributed by atoms with Gasteiger partial charge in [0.05, 0.1) is 5.02 Å². The number of likely N-dealkylation sites (tertiary alicyclic amines) is 1. The molecule has 1 heterocycles. The van der Waals surface area contributed by atoms with Crippen LogP contribution in [-0.2, 0) is 0 Å². The quantitative estimate of drug-likeness (QED) is 0.914. The van der Waals surface area contributed by atoms with Crippen molar-refractivity contribution in [3.8, 4) is 0 Å². The molecule has 0 spiro atoms. The molecule has 2 unspecified atom stereocenters. The van der Waals surface area contributed by atoms with Gasteiger partial charge in [-0.15, -0.1) is 0 Å². The second-order valence-corrected chi connectivity index (χ2v) is 5.57. The molecule has 0 radical (unpaired) electrons. The average Bonchev–Trinajstić information content (AvgIpc) is 2.35. The van der Waals surface area contributed by atoms with Crippen LogP contribution in [0.4, 0.5) is 4.39 Å². The van der Waals surface area contributed by atoms with Crippen LogP contribution in [0.25, 0.3) is 0 Å². The first-order valence-electron chi connectivity index (χ1n) is 6.51. The van der Waals surface area contributed by atoms with E-state index < -0.39 is 0 Å². The highest BCUT2D eigenvalue weighted by Gasteiger charge is 2.24. The Kier molecular flexibility index (Phi) is 4.60. The van der Waals surface area contributed by atoms with E-state index in [1.54, 1.807) is 6.07 Å². The molecule has 2 atom stereocenters. The summed E-state index contributed by atoms with van der Waals surface area (Å²) in [7, 11) is 0. The zero-order valence-electron chi connectivity index (χ0n) is 10.7. The van der Waals surface area contributed by atoms with Crippen LogP contribution < -0.4 is 5.73 Å². The summed E-state index contributed by atoms with van der Waals surface area (Å²) in [6.45, 7) is 4.83. The average molecular weight is 271 g/mol. The summed E-state index contributed by atoms with van der Waals surface area (Å²) >= 11 is 5.72. The van der Waals surface area contributed by atoms with Gasteiger partial charge in [0, 0.05) is 19.1 Å². The van der Waals surface area contributed by atoms with Crippen LogP contribution in [0.15, 0.2) is 18.2 Å². The summed E-state index contributed by atoms with van der Waals surface area (Å²) in [6, 6.07) is 5.10. The smallest absolute Gasteiger partial charge is 0.142 e. The normalized spacial score (nSPS) is 23.0. The van der Waals surface area contributed by atoms with Crippen LogP contribution in [0, 0.1) is 11.7 Å². The minimum atomic E-state index is -0.363. The molecule has 4 heteroatoms. The molecule has 18 heavy (non-hydrogen) atoms. The molecule has 0 aromatic heterocycles. The fourth-order valence-electron chi connectivity index (χ4n) is 2.72. The van der Waals surface area contributed by atoms with Gasteiger partial charge in [0.2, 0.25) is 0 Å². The molecule has 1 saturated heterocycles. The van der Waals surface area contributed by atoms with E-state index in [2.05, 4.69) is 11.8 Å². The van der Waals surface area contributed by atoms with Crippen molar-refractivity contribution in [1.29, 1.82) is 0 Å². The molecule has 1 aromatic rings. The van der Waals surface area contributed by atoms with Gasteiger partial charge in [0.25, 0.3) is 0 Å². The molecule has 100 valence electrons. The van der Waals surface area contributed by atoms with Gasteiger partial charge in [-0.1, -0.05) is 24.6 Å². The number of hydrogen-bond acceptors (Lipinski definition) is 2. The Labute approximate surface area is 113 Å². The Morgan fingerprint density at radius 3 is 2.94 bits per heavy atom. The van der Waals surface area contributed by atoms with E-state index in [-0.39, 0.29) is 16.9 Å². The lowest BCUT2D eigenvalue weighted by Crippen LogP contribution is -2.40. The Bertz CT molecular complexity index is 411. The summed E-state index contributed by atoms with van der Waals surface area (Å²) in [4.78, 5) is 2.36. The lowest BCUT2D eigenvalue weighted by atomic mass is 9.96. The summed E-state index contributed by atoms with van der Waals surface area (Å²) in [5.74, 6) is 0.322. The zero-order chi connectivity index (χ0) is 13.1. The van der Waals surface area contributed by atoms with Crippen molar-refractivity contribution in [2.45, 2.75) is 25.8 Å². The SMILES string of the molecule is CC1CCCN(C(CN)c2ccc(Cl)c(F)c2)C1. The zero-order valence-corrected chi connectivity index (χ0v) is 11.5. The summed E-state index contributed by atoms with van der Waals surface area (Å²) < 4.78 is 13.5. The van der Waals surface area contributed by atoms with Crippen LogP contribution in [0.2, 0.25) is 5.02 Å². The molecule has 2 nitrogen and oxygen atoms in total. The molecule has 1 aromatic carbocycles. The minimum Gasteiger partial charge on any atom is -0.329 e. The standard InChI is InChI=1S/C14H20ClFN2/c1-10-3-2-6-18(9-10)14(8-17)11-4-5-12(15)13(16)7-11/h4-5,7,10,14H,2-3,6,8-9,17H2,1H3. The Hall–Kier alpha value is -0.640. The maximum Gasteiger partial charge on any atom is 0.142 e. The first-order chi connectivity index (χ1) is 8.61. The van der Waals surface area contributed by atoms with E-state index in [9.17, 15) is 4.39 Å². The lowest BCUT2D eigenvalue weighted by molar-refractivity contribution is 0.133. The van der Waals surface area contributed by atoms with E-state index in [0.717, 1.165) is 18.7 Å². The molecular formula is C14H20ClFN2. The Balaban J connectivity index is 2.18. The predicted molar refractivity (Wildman–Crippen MR) is 73.2 cm³/mol. The van der Waals surface area contributed by atoms with E-state index in [4.69, 9.17) is 17.3 Å². The van der Waals surface area contributed by atoms with Crippen LogP contribution in [0.5, 0.6) is 0 Å². The minimum absolute atomic E-state index is 0.0968. The van der Waals surface area contributed by atoms with Gasteiger partial charge in [0.1, 0.15) is 5.82 Å². The van der Waals surface area contributed by atoms with Gasteiger partial charge in [-0.3, -0.25) is 4.90 Å². The van der Waals surface area contributed by atoms with E-state index in [1.807, 2.05) is 6.07 Å². The first-order valence-corrected chi connectivity index (χ1v) is 6.88. The third kappa shape index (κ3) is 3.02. The van der Waals surface area contributed by atoms with Crippen LogP contribution in [-0.4, -0.2) is 24.5 Å². The van der Waals surface area contributed by atoms with E-state index in [1.165, 1.54) is 18.9 Å². The molecule has 1 fully saturated rings. The molecule has 0 amide bonds. The second kappa shape index (κ2) is 6.00. The van der Waals surface area contributed by atoms with Gasteiger partial charge in [0.15, 0.2) is 0 Å². The topological polar surface area (TPSA) is 29.3 Å². The van der Waals surface area contributed by atoms with E-state index >= 15 is 0 Å². The maximum atomic E-state index is 13.5. The molecule has 2 rings (SSSR count). The maximum absolute atomic E-state index is 13.5. The Morgan fingerprint density at radius 2 is 2.33 bits per heavy atom. The van der Waals surface area contributed by atoms with Gasteiger partial charge in [-0.25, -0.2) is 4.39 Å². The molecule has 1 aliphatic rings. The third-order valence-electron chi connectivity index (χ3n) is 3.68. The van der Waals surface area contributed by atoms with Crippen molar-refractivity contribution in [2.75, 3.05) is 19.6 Å². The third-order valence-corrected chi connectivity index (χ3v) is 3.99. The highest BCUT2D eigenvalue weighted by atomic mass is 35.5. The number of piperidine rings is 1. The highest BCUT2D eigenvalue weighted by Crippen LogP contribution is 2.28. The predicted octanol–water partition coefficient (Wildman–Crippen LogP) is 3.21. The van der Waals surface area contributed by atoms with Crippen LogP contribution in [0.3, 0.4) is 0 Å². The number of halogens is 2. The number of hydrogen-bond donors (Lipinski definition) is 1. The van der Waals surface area contributed by atoms with Crippen molar-refractivity contribution >= 4 is 11.6 Å². The van der Waals surface area contributed by atoms with E-state index in [0.29, 0.717) is 12.5 Å². The van der Waals surface area contributed by atoms with Crippen molar-refractivity contribution in [3.63, 3.8) is 0 Å². The number of benzene rings is 1. The second-order valence-electron chi connectivity index (χ2n) is 5.17. The van der Waals surface area contributed by atoms with Crippen LogP contribution >= 0.6 is 11.6 Å². The number of nitrogens with two attached hydrogens (primary N) is 1. The number of nitrogens with zero attached hydrogens (tertiary/aromatic N) is 1. The first kappa shape index (κ1) is 13.8. The molecule has 0 saturated carbocycles. The Morgan fingerprint density at radius 1 is 1.56 bits per heavy atom. The number of rotatable bonds is 3. The molecular weight excluding hydrogens is 251 g/mol. The van der Waals surface area contributed by atoms with Crippen molar-refractivity contribution in [1.82, 2.24) is 4.90 Å². The molecule has 1 aliphatic heterocycles. The van der Waals surface area contributed by atoms with Gasteiger partial charge in [-0.05, 0) is 43.0 Å².